The number of hydrogen-bond acceptors (Lipinski definition) is 3. The summed E-state index contributed by atoms with van der Waals surface area (Å²) in [5.74, 6) is 0.452. The molecule has 0 spiro atoms. The summed E-state index contributed by atoms with van der Waals surface area (Å²) < 4.78 is 5.63. The Morgan fingerprint density at radius 1 is 1.00 bits per heavy atom. The average Bonchev–Trinajstić information content (AvgIpc) is 2.74. The van der Waals surface area contributed by atoms with Crippen LogP contribution in [0.15, 0.2) is 66.7 Å². The van der Waals surface area contributed by atoms with E-state index in [9.17, 15) is 4.79 Å². The molecule has 3 aromatic rings. The lowest BCUT2D eigenvalue weighted by Gasteiger charge is -2.13. The van der Waals surface area contributed by atoms with Gasteiger partial charge in [-0.2, -0.15) is 5.26 Å². The maximum Gasteiger partial charge on any atom is 0.262 e. The second-order valence-electron chi connectivity index (χ2n) is 6.51. The number of ether oxygens (including phenoxy) is 1. The molecule has 0 bridgehead atoms. The van der Waals surface area contributed by atoms with Crippen molar-refractivity contribution < 1.29 is 9.53 Å². The quantitative estimate of drug-likeness (QED) is 0.655. The largest absolute Gasteiger partial charge is 0.484 e. The zero-order valence-corrected chi connectivity index (χ0v) is 16.0. The third kappa shape index (κ3) is 4.57. The number of aryl methyl sites for hydroxylation is 2. The minimum atomic E-state index is -0.180. The standard InChI is InChI=1S/C24H22N2O2/c1-3-19-6-4-5-17(2)24(19)26-23(27)16-28-22-13-11-21(12-14-22)20-9-7-18(15-25)8-10-20/h4-14H,3,16H2,1-2H3,(H,26,27). The Bertz CT molecular complexity index is 1000. The molecule has 0 aliphatic heterocycles. The van der Waals surface area contributed by atoms with Crippen LogP contribution in [0.5, 0.6) is 5.75 Å². The normalized spacial score (nSPS) is 10.2. The van der Waals surface area contributed by atoms with E-state index in [0.29, 0.717) is 11.3 Å². The molecule has 3 rings (SSSR count). The van der Waals surface area contributed by atoms with Crippen LogP contribution in [0.2, 0.25) is 0 Å². The number of rotatable bonds is 6. The van der Waals surface area contributed by atoms with E-state index in [1.807, 2.05) is 61.5 Å². The molecular formula is C24H22N2O2. The molecule has 0 heterocycles. The molecule has 1 amide bonds. The fourth-order valence-electron chi connectivity index (χ4n) is 3.01. The zero-order chi connectivity index (χ0) is 19.9. The second kappa shape index (κ2) is 8.88. The van der Waals surface area contributed by atoms with E-state index >= 15 is 0 Å². The number of anilines is 1. The van der Waals surface area contributed by atoms with Gasteiger partial charge < -0.3 is 10.1 Å². The number of nitriles is 1. The summed E-state index contributed by atoms with van der Waals surface area (Å²) in [5.41, 5.74) is 5.70. The average molecular weight is 370 g/mol. The van der Waals surface area contributed by atoms with Crippen molar-refractivity contribution in [2.75, 3.05) is 11.9 Å². The highest BCUT2D eigenvalue weighted by Gasteiger charge is 2.09. The van der Waals surface area contributed by atoms with Crippen LogP contribution in [0, 0.1) is 18.3 Å². The molecule has 1 N–H and O–H groups in total. The minimum absolute atomic E-state index is 0.0479. The van der Waals surface area contributed by atoms with Crippen molar-refractivity contribution in [1.82, 2.24) is 0 Å². The first-order valence-corrected chi connectivity index (χ1v) is 9.22. The molecule has 0 aliphatic rings. The van der Waals surface area contributed by atoms with E-state index in [1.54, 1.807) is 12.1 Å². The van der Waals surface area contributed by atoms with Crippen molar-refractivity contribution in [2.24, 2.45) is 0 Å². The Labute approximate surface area is 165 Å². The van der Waals surface area contributed by atoms with Crippen LogP contribution in [0.3, 0.4) is 0 Å². The highest BCUT2D eigenvalue weighted by atomic mass is 16.5. The lowest BCUT2D eigenvalue weighted by molar-refractivity contribution is -0.118. The zero-order valence-electron chi connectivity index (χ0n) is 16.0. The molecule has 0 radical (unpaired) electrons. The van der Waals surface area contributed by atoms with E-state index in [0.717, 1.165) is 34.4 Å². The van der Waals surface area contributed by atoms with Gasteiger partial charge in [-0.1, -0.05) is 49.4 Å². The molecule has 0 aliphatic carbocycles. The van der Waals surface area contributed by atoms with Crippen LogP contribution in [-0.4, -0.2) is 12.5 Å². The molecule has 0 unspecified atom stereocenters. The number of carbonyl (C=O) groups excluding carboxylic acids is 1. The van der Waals surface area contributed by atoms with Crippen LogP contribution in [-0.2, 0) is 11.2 Å². The van der Waals surface area contributed by atoms with Crippen LogP contribution < -0.4 is 10.1 Å². The van der Waals surface area contributed by atoms with E-state index in [1.165, 1.54) is 0 Å². The Morgan fingerprint density at radius 2 is 1.64 bits per heavy atom. The summed E-state index contributed by atoms with van der Waals surface area (Å²) in [4.78, 5) is 12.3. The van der Waals surface area contributed by atoms with Crippen LogP contribution in [0.1, 0.15) is 23.6 Å². The van der Waals surface area contributed by atoms with Gasteiger partial charge in [0.25, 0.3) is 5.91 Å². The van der Waals surface area contributed by atoms with Gasteiger partial charge >= 0.3 is 0 Å². The lowest BCUT2D eigenvalue weighted by atomic mass is 10.0. The van der Waals surface area contributed by atoms with Gasteiger partial charge in [0.15, 0.2) is 6.61 Å². The van der Waals surface area contributed by atoms with Crippen molar-refractivity contribution in [1.29, 1.82) is 5.26 Å². The monoisotopic (exact) mass is 370 g/mol. The van der Waals surface area contributed by atoms with Gasteiger partial charge in [-0.25, -0.2) is 0 Å². The lowest BCUT2D eigenvalue weighted by Crippen LogP contribution is -2.21. The fraction of sp³-hybridized carbons (Fsp3) is 0.167. The van der Waals surface area contributed by atoms with Gasteiger partial charge in [-0.3, -0.25) is 4.79 Å². The molecule has 0 saturated carbocycles. The smallest absolute Gasteiger partial charge is 0.262 e. The first-order chi connectivity index (χ1) is 13.6. The van der Waals surface area contributed by atoms with E-state index < -0.39 is 0 Å². The van der Waals surface area contributed by atoms with Crippen molar-refractivity contribution in [3.8, 4) is 22.9 Å². The molecule has 0 saturated heterocycles. The molecule has 0 fully saturated rings. The number of nitrogens with zero attached hydrogens (tertiary/aromatic N) is 1. The SMILES string of the molecule is CCc1cccc(C)c1NC(=O)COc1ccc(-c2ccc(C#N)cc2)cc1. The predicted molar refractivity (Wildman–Crippen MR) is 111 cm³/mol. The van der Waals surface area contributed by atoms with E-state index in [-0.39, 0.29) is 12.5 Å². The van der Waals surface area contributed by atoms with E-state index in [4.69, 9.17) is 10.00 Å². The molecule has 4 heteroatoms. The maximum atomic E-state index is 12.3. The molecule has 4 nitrogen and oxygen atoms in total. The fourth-order valence-corrected chi connectivity index (χ4v) is 3.01. The van der Waals surface area contributed by atoms with Gasteiger partial charge in [0.05, 0.1) is 11.6 Å². The van der Waals surface area contributed by atoms with Crippen LogP contribution in [0.25, 0.3) is 11.1 Å². The predicted octanol–water partition coefficient (Wildman–Crippen LogP) is 5.11. The summed E-state index contributed by atoms with van der Waals surface area (Å²) in [6.45, 7) is 4.00. The topological polar surface area (TPSA) is 62.1 Å². The third-order valence-corrected chi connectivity index (χ3v) is 4.58. The Hall–Kier alpha value is -3.58. The van der Waals surface area contributed by atoms with Crippen LogP contribution >= 0.6 is 0 Å². The molecule has 140 valence electrons. The third-order valence-electron chi connectivity index (χ3n) is 4.58. The van der Waals surface area contributed by atoms with Crippen molar-refractivity contribution in [3.63, 3.8) is 0 Å². The Kier molecular flexibility index (Phi) is 6.08. The number of hydrogen-bond donors (Lipinski definition) is 1. The number of carbonyl (C=O) groups is 1. The summed E-state index contributed by atoms with van der Waals surface area (Å²) in [6.07, 6.45) is 0.856. The van der Waals surface area contributed by atoms with E-state index in [2.05, 4.69) is 18.3 Å². The molecule has 0 aromatic heterocycles. The van der Waals surface area contributed by atoms with Crippen LogP contribution in [0.4, 0.5) is 5.69 Å². The molecule has 3 aromatic carbocycles. The first kappa shape index (κ1) is 19.2. The van der Waals surface area contributed by atoms with Crippen molar-refractivity contribution >= 4 is 11.6 Å². The summed E-state index contributed by atoms with van der Waals surface area (Å²) in [6, 6.07) is 23.1. The van der Waals surface area contributed by atoms with Gasteiger partial charge in [0.2, 0.25) is 0 Å². The first-order valence-electron chi connectivity index (χ1n) is 9.22. The number of nitrogens with one attached hydrogen (secondary N) is 1. The summed E-state index contributed by atoms with van der Waals surface area (Å²) in [7, 11) is 0. The Balaban J connectivity index is 1.60. The molecular weight excluding hydrogens is 348 g/mol. The van der Waals surface area contributed by atoms with Gasteiger partial charge in [0.1, 0.15) is 5.75 Å². The van der Waals surface area contributed by atoms with Gasteiger partial charge in [-0.05, 0) is 59.9 Å². The Morgan fingerprint density at radius 3 is 2.25 bits per heavy atom. The van der Waals surface area contributed by atoms with Gasteiger partial charge in [0, 0.05) is 5.69 Å². The molecule has 0 atom stereocenters. The van der Waals surface area contributed by atoms with Crippen molar-refractivity contribution in [3.05, 3.63) is 83.4 Å². The maximum absolute atomic E-state index is 12.3. The highest BCUT2D eigenvalue weighted by Crippen LogP contribution is 2.23. The number of amides is 1. The summed E-state index contributed by atoms with van der Waals surface area (Å²) in [5, 5.41) is 11.8. The van der Waals surface area contributed by atoms with Gasteiger partial charge in [-0.15, -0.1) is 0 Å². The molecule has 28 heavy (non-hydrogen) atoms. The minimum Gasteiger partial charge on any atom is -0.484 e. The second-order valence-corrected chi connectivity index (χ2v) is 6.51. The summed E-state index contributed by atoms with van der Waals surface area (Å²) >= 11 is 0. The highest BCUT2D eigenvalue weighted by molar-refractivity contribution is 5.93. The number of benzene rings is 3. The van der Waals surface area contributed by atoms with Crippen molar-refractivity contribution in [2.45, 2.75) is 20.3 Å². The number of para-hydroxylation sites is 1.